The Kier molecular flexibility index (Phi) is 5.83. The molecule has 152 valence electrons. The molecule has 2 aliphatic rings. The number of hydrogen-bond acceptors (Lipinski definition) is 3. The van der Waals surface area contributed by atoms with Gasteiger partial charge >= 0.3 is 0 Å². The third-order valence-electron chi connectivity index (χ3n) is 5.62. The smallest absolute Gasteiger partial charge is 0.228 e. The fraction of sp³-hybridized carbons (Fsp3) is 0.364. The van der Waals surface area contributed by atoms with Gasteiger partial charge in [-0.15, -0.1) is 0 Å². The zero-order valence-electron chi connectivity index (χ0n) is 16.0. The fourth-order valence-corrected chi connectivity index (χ4v) is 4.18. The van der Waals surface area contributed by atoms with Crippen molar-refractivity contribution < 1.29 is 14.0 Å². The largest absolute Gasteiger partial charge is 0.353 e. The SMILES string of the molecule is O=C1CC(C(=O)NC2CCN(Cc3ccc(Cl)cc3)CC2)c2ccc(F)cc2N1. The molecule has 2 aromatic rings. The molecule has 7 heteroatoms. The Morgan fingerprint density at radius 2 is 1.90 bits per heavy atom. The molecular weight excluding hydrogens is 393 g/mol. The Hall–Kier alpha value is -2.44. The number of benzene rings is 2. The molecule has 2 amide bonds. The number of hydrogen-bond donors (Lipinski definition) is 2. The van der Waals surface area contributed by atoms with Gasteiger partial charge in [0, 0.05) is 42.8 Å². The minimum Gasteiger partial charge on any atom is -0.353 e. The number of halogens is 2. The topological polar surface area (TPSA) is 61.4 Å². The maximum Gasteiger partial charge on any atom is 0.228 e. The second-order valence-electron chi connectivity index (χ2n) is 7.72. The van der Waals surface area contributed by atoms with Crippen LogP contribution in [-0.2, 0) is 16.1 Å². The number of fused-ring (bicyclic) bond motifs is 1. The van der Waals surface area contributed by atoms with E-state index in [9.17, 15) is 14.0 Å². The van der Waals surface area contributed by atoms with Gasteiger partial charge in [-0.2, -0.15) is 0 Å². The summed E-state index contributed by atoms with van der Waals surface area (Å²) >= 11 is 5.94. The number of carbonyl (C=O) groups excluding carboxylic acids is 2. The van der Waals surface area contributed by atoms with Crippen LogP contribution in [0.3, 0.4) is 0 Å². The maximum atomic E-state index is 13.5. The summed E-state index contributed by atoms with van der Waals surface area (Å²) in [5, 5.41) is 6.48. The normalized spacial score (nSPS) is 20.1. The number of carbonyl (C=O) groups is 2. The Morgan fingerprint density at radius 3 is 2.62 bits per heavy atom. The molecule has 1 atom stereocenters. The minimum absolute atomic E-state index is 0.0813. The second kappa shape index (κ2) is 8.51. The van der Waals surface area contributed by atoms with Crippen molar-refractivity contribution >= 4 is 29.1 Å². The molecule has 0 radical (unpaired) electrons. The first-order chi connectivity index (χ1) is 14.0. The lowest BCUT2D eigenvalue weighted by Crippen LogP contribution is -2.46. The van der Waals surface area contributed by atoms with Crippen LogP contribution in [0.1, 0.15) is 36.3 Å². The van der Waals surface area contributed by atoms with E-state index in [1.807, 2.05) is 24.3 Å². The molecule has 1 saturated heterocycles. The van der Waals surface area contributed by atoms with Crippen molar-refractivity contribution in [1.29, 1.82) is 0 Å². The zero-order valence-corrected chi connectivity index (χ0v) is 16.7. The number of amides is 2. The number of nitrogens with one attached hydrogen (secondary N) is 2. The van der Waals surface area contributed by atoms with Crippen molar-refractivity contribution in [2.24, 2.45) is 0 Å². The van der Waals surface area contributed by atoms with Crippen molar-refractivity contribution in [2.45, 2.75) is 37.8 Å². The summed E-state index contributed by atoms with van der Waals surface area (Å²) < 4.78 is 13.5. The summed E-state index contributed by atoms with van der Waals surface area (Å²) in [6.45, 7) is 2.64. The first kappa shape index (κ1) is 19.9. The van der Waals surface area contributed by atoms with Crippen LogP contribution >= 0.6 is 11.6 Å². The van der Waals surface area contributed by atoms with E-state index in [0.717, 1.165) is 37.5 Å². The van der Waals surface area contributed by atoms with E-state index in [-0.39, 0.29) is 24.3 Å². The molecular formula is C22H23ClFN3O2. The molecule has 2 heterocycles. The zero-order chi connectivity index (χ0) is 20.4. The van der Waals surface area contributed by atoms with Gasteiger partial charge in [-0.1, -0.05) is 29.8 Å². The molecule has 0 aromatic heterocycles. The number of piperidine rings is 1. The lowest BCUT2D eigenvalue weighted by Gasteiger charge is -2.33. The molecule has 1 unspecified atom stereocenters. The molecule has 2 aliphatic heterocycles. The predicted octanol–water partition coefficient (Wildman–Crippen LogP) is 3.69. The van der Waals surface area contributed by atoms with Crippen molar-refractivity contribution in [2.75, 3.05) is 18.4 Å². The number of nitrogens with zero attached hydrogens (tertiary/aromatic N) is 1. The molecule has 0 spiro atoms. The second-order valence-corrected chi connectivity index (χ2v) is 8.16. The Bertz CT molecular complexity index is 911. The van der Waals surface area contributed by atoms with Crippen LogP contribution in [-0.4, -0.2) is 35.8 Å². The maximum absolute atomic E-state index is 13.5. The highest BCUT2D eigenvalue weighted by Crippen LogP contribution is 2.33. The number of rotatable bonds is 4. The van der Waals surface area contributed by atoms with Crippen molar-refractivity contribution in [3.8, 4) is 0 Å². The van der Waals surface area contributed by atoms with Gasteiger partial charge in [0.1, 0.15) is 5.82 Å². The van der Waals surface area contributed by atoms with Gasteiger partial charge in [-0.05, 0) is 48.2 Å². The quantitative estimate of drug-likeness (QED) is 0.800. The molecule has 0 bridgehead atoms. The monoisotopic (exact) mass is 415 g/mol. The van der Waals surface area contributed by atoms with Crippen molar-refractivity contribution in [3.63, 3.8) is 0 Å². The van der Waals surface area contributed by atoms with E-state index in [1.54, 1.807) is 6.07 Å². The van der Waals surface area contributed by atoms with Crippen molar-refractivity contribution in [1.82, 2.24) is 10.2 Å². The molecule has 0 saturated carbocycles. The van der Waals surface area contributed by atoms with E-state index in [4.69, 9.17) is 11.6 Å². The van der Waals surface area contributed by atoms with Crippen LogP contribution in [0.5, 0.6) is 0 Å². The Balaban J connectivity index is 1.33. The van der Waals surface area contributed by atoms with Gasteiger partial charge in [0.05, 0.1) is 5.92 Å². The van der Waals surface area contributed by atoms with Gasteiger partial charge in [-0.3, -0.25) is 14.5 Å². The van der Waals surface area contributed by atoms with Gasteiger partial charge in [-0.25, -0.2) is 4.39 Å². The first-order valence-electron chi connectivity index (χ1n) is 9.84. The molecule has 0 aliphatic carbocycles. The summed E-state index contributed by atoms with van der Waals surface area (Å²) in [5.74, 6) is -1.44. The van der Waals surface area contributed by atoms with Crippen molar-refractivity contribution in [3.05, 3.63) is 64.4 Å². The molecule has 2 N–H and O–H groups in total. The molecule has 1 fully saturated rings. The van der Waals surface area contributed by atoms with E-state index in [2.05, 4.69) is 15.5 Å². The van der Waals surface area contributed by atoms with Gasteiger partial charge in [0.2, 0.25) is 11.8 Å². The fourth-order valence-electron chi connectivity index (χ4n) is 4.06. The third kappa shape index (κ3) is 4.77. The molecule has 4 rings (SSSR count). The van der Waals surface area contributed by atoms with Gasteiger partial charge in [0.15, 0.2) is 0 Å². The predicted molar refractivity (Wildman–Crippen MR) is 110 cm³/mol. The van der Waals surface area contributed by atoms with E-state index in [1.165, 1.54) is 17.7 Å². The van der Waals surface area contributed by atoms with Gasteiger partial charge in [0.25, 0.3) is 0 Å². The summed E-state index contributed by atoms with van der Waals surface area (Å²) in [7, 11) is 0. The lowest BCUT2D eigenvalue weighted by atomic mass is 9.89. The van der Waals surface area contributed by atoms with E-state index < -0.39 is 11.7 Å². The highest BCUT2D eigenvalue weighted by molar-refractivity contribution is 6.30. The average molecular weight is 416 g/mol. The number of anilines is 1. The Morgan fingerprint density at radius 1 is 1.17 bits per heavy atom. The van der Waals surface area contributed by atoms with Crippen LogP contribution in [0, 0.1) is 5.82 Å². The first-order valence-corrected chi connectivity index (χ1v) is 10.2. The molecule has 5 nitrogen and oxygen atoms in total. The van der Waals surface area contributed by atoms with Gasteiger partial charge < -0.3 is 10.6 Å². The van der Waals surface area contributed by atoms with Crippen LogP contribution in [0.2, 0.25) is 5.02 Å². The number of likely N-dealkylation sites (tertiary alicyclic amines) is 1. The highest BCUT2D eigenvalue weighted by Gasteiger charge is 2.32. The molecule has 29 heavy (non-hydrogen) atoms. The summed E-state index contributed by atoms with van der Waals surface area (Å²) in [6.07, 6.45) is 1.79. The Labute approximate surface area is 174 Å². The minimum atomic E-state index is -0.577. The van der Waals surface area contributed by atoms with Crippen LogP contribution in [0.4, 0.5) is 10.1 Å². The van der Waals surface area contributed by atoms with E-state index in [0.29, 0.717) is 11.3 Å². The lowest BCUT2D eigenvalue weighted by molar-refractivity contribution is -0.127. The summed E-state index contributed by atoms with van der Waals surface area (Å²) in [6, 6.07) is 12.1. The van der Waals surface area contributed by atoms with E-state index >= 15 is 0 Å². The molecule has 2 aromatic carbocycles. The highest BCUT2D eigenvalue weighted by atomic mass is 35.5. The third-order valence-corrected chi connectivity index (χ3v) is 5.88. The standard InChI is InChI=1S/C22H23ClFN3O2/c23-15-3-1-14(2-4-15)13-27-9-7-17(8-10-27)25-22(29)19-12-21(28)26-20-11-16(24)5-6-18(19)20/h1-6,11,17,19H,7-10,12-13H2,(H,25,29)(H,26,28). The average Bonchev–Trinajstić information content (AvgIpc) is 2.70. The summed E-state index contributed by atoms with van der Waals surface area (Å²) in [4.78, 5) is 27.2. The van der Waals surface area contributed by atoms with Crippen LogP contribution in [0.25, 0.3) is 0 Å². The summed E-state index contributed by atoms with van der Waals surface area (Å²) in [5.41, 5.74) is 2.27. The van der Waals surface area contributed by atoms with Crippen LogP contribution < -0.4 is 10.6 Å². The van der Waals surface area contributed by atoms with Crippen LogP contribution in [0.15, 0.2) is 42.5 Å².